The first-order valence-electron chi connectivity index (χ1n) is 12.5. The third-order valence-corrected chi connectivity index (χ3v) is 14.2. The summed E-state index contributed by atoms with van der Waals surface area (Å²) in [5.74, 6) is -11.6. The molecule has 18 nitrogen and oxygen atoms in total. The van der Waals surface area contributed by atoms with E-state index in [4.69, 9.17) is 54.5 Å². The maximum atomic E-state index is 13.5. The SMILES string of the molecule is CCOP(=O)(OCC)C(OC)C(=O)OP12(OC(=O)C(P(=O)(OCC)OCC)O1)OC(=O)C(P(=O)(OCC)OCC)O2. The summed E-state index contributed by atoms with van der Waals surface area (Å²) >= 11 is 0. The van der Waals surface area contributed by atoms with Crippen molar-refractivity contribution >= 4 is 48.4 Å². The Kier molecular flexibility index (Phi) is 12.7. The molecule has 2 heterocycles. The number of hydrogen-bond donors (Lipinski definition) is 0. The van der Waals surface area contributed by atoms with E-state index in [0.717, 1.165) is 7.11 Å². The van der Waals surface area contributed by atoms with Gasteiger partial charge in [-0.3, -0.25) is 0 Å². The zero-order chi connectivity index (χ0) is 31.1. The van der Waals surface area contributed by atoms with Gasteiger partial charge in [-0.1, -0.05) is 0 Å². The number of carbonyl (C=O) groups is 3. The van der Waals surface area contributed by atoms with Gasteiger partial charge in [0.1, 0.15) is 0 Å². The van der Waals surface area contributed by atoms with Crippen LogP contribution in [0.25, 0.3) is 0 Å². The van der Waals surface area contributed by atoms with Gasteiger partial charge in [-0.25, -0.2) is 0 Å². The molecule has 3 unspecified atom stereocenters. The molecule has 22 heteroatoms. The summed E-state index contributed by atoms with van der Waals surface area (Å²) in [5, 5.41) is 0. The van der Waals surface area contributed by atoms with E-state index in [1.54, 1.807) is 0 Å². The Bertz CT molecular complexity index is 1020. The number of carbonyl (C=O) groups excluding carboxylic acids is 3. The first-order valence-corrected chi connectivity index (χ1v) is 19.2. The van der Waals surface area contributed by atoms with Crippen molar-refractivity contribution in [3.63, 3.8) is 0 Å². The third-order valence-electron chi connectivity index (χ3n) is 4.81. The topological polar surface area (TPSA) is 213 Å². The van der Waals surface area contributed by atoms with Gasteiger partial charge in [-0.2, -0.15) is 0 Å². The molecule has 0 saturated carbocycles. The van der Waals surface area contributed by atoms with E-state index in [1.807, 2.05) is 0 Å². The minimum atomic E-state index is -6.42. The standard InChI is InChI=1S/C19H36O18P4/c1-8-27-38(23,28-9-2)17(26-7)14(20)33-41(34-15(21)18(36-41)39(24,29-10-3)30-11-4)35-16(22)19(37-41)40(25,31-12-5)32-13-6/h17-19H,8-13H2,1-7H3. The van der Waals surface area contributed by atoms with Gasteiger partial charge in [0, 0.05) is 0 Å². The molecule has 0 aromatic heterocycles. The van der Waals surface area contributed by atoms with E-state index in [2.05, 4.69) is 0 Å². The molecule has 0 aliphatic carbocycles. The Balaban J connectivity index is 2.70. The average molecular weight is 676 g/mol. The van der Waals surface area contributed by atoms with Crippen molar-refractivity contribution in [2.45, 2.75) is 59.1 Å². The number of rotatable bonds is 18. The van der Waals surface area contributed by atoms with E-state index in [1.165, 1.54) is 41.5 Å². The second kappa shape index (κ2) is 14.3. The Morgan fingerprint density at radius 1 is 0.707 bits per heavy atom. The molecular weight excluding hydrogens is 640 g/mol. The van der Waals surface area contributed by atoms with Crippen LogP contribution >= 0.6 is 30.5 Å². The molecule has 3 atom stereocenters. The fourth-order valence-electron chi connectivity index (χ4n) is 3.52. The van der Waals surface area contributed by atoms with Gasteiger partial charge in [0.15, 0.2) is 0 Å². The van der Waals surface area contributed by atoms with Crippen LogP contribution in [-0.2, 0) is 82.6 Å². The molecule has 0 N–H and O–H groups in total. The van der Waals surface area contributed by atoms with Crippen LogP contribution in [0, 0.1) is 0 Å². The van der Waals surface area contributed by atoms with Gasteiger partial charge in [0.25, 0.3) is 0 Å². The van der Waals surface area contributed by atoms with E-state index >= 15 is 0 Å². The van der Waals surface area contributed by atoms with Gasteiger partial charge in [-0.15, -0.1) is 0 Å². The maximum absolute atomic E-state index is 13.5. The van der Waals surface area contributed by atoms with Crippen LogP contribution < -0.4 is 0 Å². The van der Waals surface area contributed by atoms with Crippen molar-refractivity contribution in [3.05, 3.63) is 0 Å². The number of ether oxygens (including phenoxy) is 1. The van der Waals surface area contributed by atoms with E-state index < -0.39 is 66.0 Å². The van der Waals surface area contributed by atoms with Gasteiger partial charge in [-0.05, 0) is 0 Å². The first-order chi connectivity index (χ1) is 19.2. The molecule has 0 bridgehead atoms. The molecule has 0 aromatic rings. The summed E-state index contributed by atoms with van der Waals surface area (Å²) in [6, 6.07) is 0. The molecule has 1 spiro atoms. The zero-order valence-corrected chi connectivity index (χ0v) is 27.2. The summed E-state index contributed by atoms with van der Waals surface area (Å²) in [7, 11) is -19.1. The van der Waals surface area contributed by atoms with Gasteiger partial charge in [0.2, 0.25) is 0 Å². The van der Waals surface area contributed by atoms with Gasteiger partial charge in [0.05, 0.1) is 0 Å². The molecule has 240 valence electrons. The molecule has 41 heavy (non-hydrogen) atoms. The molecule has 2 saturated heterocycles. The summed E-state index contributed by atoms with van der Waals surface area (Å²) in [6.45, 7) is 7.24. The summed E-state index contributed by atoms with van der Waals surface area (Å²) in [6.07, 6.45) is 0. The number of hydrogen-bond acceptors (Lipinski definition) is 18. The fourth-order valence-corrected chi connectivity index (χ4v) is 12.4. The quantitative estimate of drug-likeness (QED) is 0.186. The second-order valence-electron chi connectivity index (χ2n) is 7.61. The Labute approximate surface area is 237 Å². The average Bonchev–Trinajstić information content (AvgIpc) is 3.33. The minimum absolute atomic E-state index is 0.201. The van der Waals surface area contributed by atoms with Crippen LogP contribution in [0.15, 0.2) is 0 Å². The van der Waals surface area contributed by atoms with Crippen LogP contribution in [-0.4, -0.2) is 82.2 Å². The molecule has 2 rings (SSSR count). The molecule has 2 aliphatic rings. The van der Waals surface area contributed by atoms with Crippen molar-refractivity contribution < 1.29 is 82.6 Å². The van der Waals surface area contributed by atoms with Gasteiger partial charge < -0.3 is 0 Å². The summed E-state index contributed by atoms with van der Waals surface area (Å²) in [5.41, 5.74) is 0. The molecule has 0 amide bonds. The Morgan fingerprint density at radius 3 is 1.34 bits per heavy atom. The fraction of sp³-hybridized carbons (Fsp3) is 0.842. The van der Waals surface area contributed by atoms with Crippen LogP contribution in [0.3, 0.4) is 0 Å². The zero-order valence-electron chi connectivity index (χ0n) is 23.6. The predicted molar refractivity (Wildman–Crippen MR) is 138 cm³/mol. The summed E-state index contributed by atoms with van der Waals surface area (Å²) in [4.78, 5) is 39.7. The molecule has 2 fully saturated rings. The second-order valence-corrected chi connectivity index (χ2v) is 16.3. The molecular formula is C19H36O18P4. The van der Waals surface area contributed by atoms with Crippen molar-refractivity contribution in [1.29, 1.82) is 0 Å². The molecule has 2 aliphatic heterocycles. The van der Waals surface area contributed by atoms with Gasteiger partial charge >= 0.3 is 237 Å². The van der Waals surface area contributed by atoms with Crippen LogP contribution in [0.4, 0.5) is 0 Å². The van der Waals surface area contributed by atoms with E-state index in [-0.39, 0.29) is 39.6 Å². The Hall–Kier alpha value is -0.830. The summed E-state index contributed by atoms with van der Waals surface area (Å²) < 4.78 is 103. The first kappa shape index (κ1) is 36.4. The number of methoxy groups -OCH3 is 1. The van der Waals surface area contributed by atoms with Crippen LogP contribution in [0.1, 0.15) is 41.5 Å². The Morgan fingerprint density at radius 2 is 1.05 bits per heavy atom. The normalized spacial score (nSPS) is 23.9. The van der Waals surface area contributed by atoms with Crippen LogP contribution in [0.2, 0.25) is 0 Å². The monoisotopic (exact) mass is 676 g/mol. The van der Waals surface area contributed by atoms with Crippen molar-refractivity contribution in [2.24, 2.45) is 0 Å². The third kappa shape index (κ3) is 7.46. The van der Waals surface area contributed by atoms with Crippen LogP contribution in [0.5, 0.6) is 0 Å². The molecule has 0 aromatic carbocycles. The van der Waals surface area contributed by atoms with E-state index in [0.29, 0.717) is 0 Å². The van der Waals surface area contributed by atoms with Crippen molar-refractivity contribution in [2.75, 3.05) is 46.8 Å². The molecule has 0 radical (unpaired) electrons. The van der Waals surface area contributed by atoms with Crippen molar-refractivity contribution in [3.8, 4) is 0 Å². The van der Waals surface area contributed by atoms with E-state index in [9.17, 15) is 28.1 Å². The predicted octanol–water partition coefficient (Wildman–Crippen LogP) is 4.23. The van der Waals surface area contributed by atoms with Crippen molar-refractivity contribution in [1.82, 2.24) is 0 Å².